The SMILES string of the molecule is O=C1NC(c2cc(Cl)ccc2Cl)Nc2ccccc21. The summed E-state index contributed by atoms with van der Waals surface area (Å²) in [6.45, 7) is 0. The number of carbonyl (C=O) groups excluding carboxylic acids is 1. The van der Waals surface area contributed by atoms with E-state index in [1.165, 1.54) is 0 Å². The van der Waals surface area contributed by atoms with Crippen molar-refractivity contribution in [3.05, 3.63) is 63.6 Å². The molecule has 2 aromatic rings. The molecule has 96 valence electrons. The molecule has 0 radical (unpaired) electrons. The molecule has 2 N–H and O–H groups in total. The molecule has 1 aliphatic rings. The highest BCUT2D eigenvalue weighted by molar-refractivity contribution is 6.33. The van der Waals surface area contributed by atoms with E-state index in [9.17, 15) is 4.79 Å². The van der Waals surface area contributed by atoms with E-state index in [0.717, 1.165) is 11.3 Å². The van der Waals surface area contributed by atoms with Gasteiger partial charge in [0.05, 0.1) is 5.56 Å². The average Bonchev–Trinajstić information content (AvgIpc) is 2.41. The Kier molecular flexibility index (Phi) is 3.09. The minimum absolute atomic E-state index is 0.129. The van der Waals surface area contributed by atoms with Crippen LogP contribution in [0.4, 0.5) is 5.69 Å². The number of anilines is 1. The quantitative estimate of drug-likeness (QED) is 0.838. The second-order valence-electron chi connectivity index (χ2n) is 4.26. The summed E-state index contributed by atoms with van der Waals surface area (Å²) in [6, 6.07) is 12.5. The molecule has 5 heteroatoms. The topological polar surface area (TPSA) is 41.1 Å². The van der Waals surface area contributed by atoms with Gasteiger partial charge in [-0.05, 0) is 30.3 Å². The van der Waals surface area contributed by atoms with E-state index in [0.29, 0.717) is 15.6 Å². The number of rotatable bonds is 1. The van der Waals surface area contributed by atoms with Crippen molar-refractivity contribution in [3.8, 4) is 0 Å². The van der Waals surface area contributed by atoms with E-state index < -0.39 is 0 Å². The number of fused-ring (bicyclic) bond motifs is 1. The lowest BCUT2D eigenvalue weighted by Gasteiger charge is -2.28. The van der Waals surface area contributed by atoms with E-state index >= 15 is 0 Å². The van der Waals surface area contributed by atoms with Crippen LogP contribution in [0.25, 0.3) is 0 Å². The molecule has 0 spiro atoms. The van der Waals surface area contributed by atoms with Gasteiger partial charge in [0.2, 0.25) is 0 Å². The van der Waals surface area contributed by atoms with Crippen LogP contribution in [0.15, 0.2) is 42.5 Å². The lowest BCUT2D eigenvalue weighted by Crippen LogP contribution is -2.38. The van der Waals surface area contributed by atoms with Gasteiger partial charge in [-0.25, -0.2) is 0 Å². The third-order valence-corrected chi connectivity index (χ3v) is 3.60. The van der Waals surface area contributed by atoms with Crippen molar-refractivity contribution in [2.45, 2.75) is 6.17 Å². The molecule has 0 bridgehead atoms. The van der Waals surface area contributed by atoms with Gasteiger partial charge < -0.3 is 10.6 Å². The Bertz CT molecular complexity index is 658. The largest absolute Gasteiger partial charge is 0.361 e. The normalized spacial score (nSPS) is 17.4. The molecule has 0 aliphatic carbocycles. The molecule has 1 unspecified atom stereocenters. The maximum Gasteiger partial charge on any atom is 0.255 e. The lowest BCUT2D eigenvalue weighted by molar-refractivity contribution is 0.0935. The van der Waals surface area contributed by atoms with Crippen LogP contribution >= 0.6 is 23.2 Å². The first kappa shape index (κ1) is 12.3. The molecule has 3 rings (SSSR count). The Labute approximate surface area is 120 Å². The summed E-state index contributed by atoms with van der Waals surface area (Å²) < 4.78 is 0. The highest BCUT2D eigenvalue weighted by Crippen LogP contribution is 2.31. The van der Waals surface area contributed by atoms with Crippen LogP contribution < -0.4 is 10.6 Å². The summed E-state index contributed by atoms with van der Waals surface area (Å²) >= 11 is 12.1. The highest BCUT2D eigenvalue weighted by Gasteiger charge is 2.25. The fraction of sp³-hybridized carbons (Fsp3) is 0.0714. The first-order valence-electron chi connectivity index (χ1n) is 5.76. The standard InChI is InChI=1S/C14H10Cl2N2O/c15-8-5-6-11(16)10(7-8)13-17-12-4-2-1-3-9(12)14(19)18-13/h1-7,13,17H,(H,18,19). The number of hydrogen-bond acceptors (Lipinski definition) is 2. The van der Waals surface area contributed by atoms with Crippen molar-refractivity contribution in [3.63, 3.8) is 0 Å². The molecule has 19 heavy (non-hydrogen) atoms. The Balaban J connectivity index is 2.01. The van der Waals surface area contributed by atoms with Crippen LogP contribution in [0.1, 0.15) is 22.1 Å². The van der Waals surface area contributed by atoms with E-state index in [4.69, 9.17) is 23.2 Å². The maximum atomic E-state index is 12.0. The van der Waals surface area contributed by atoms with E-state index in [1.54, 1.807) is 24.3 Å². The molecule has 0 saturated carbocycles. The molecule has 1 amide bonds. The van der Waals surface area contributed by atoms with Crippen LogP contribution in [0.2, 0.25) is 10.0 Å². The van der Waals surface area contributed by atoms with Crippen LogP contribution in [-0.4, -0.2) is 5.91 Å². The predicted molar refractivity (Wildman–Crippen MR) is 76.7 cm³/mol. The van der Waals surface area contributed by atoms with Gasteiger partial charge in [0.25, 0.3) is 5.91 Å². The van der Waals surface area contributed by atoms with Gasteiger partial charge in [-0.3, -0.25) is 4.79 Å². The number of benzene rings is 2. The van der Waals surface area contributed by atoms with Crippen LogP contribution in [0, 0.1) is 0 Å². The van der Waals surface area contributed by atoms with Crippen molar-refractivity contribution < 1.29 is 4.79 Å². The van der Waals surface area contributed by atoms with Crippen LogP contribution in [0.3, 0.4) is 0 Å². The first-order chi connectivity index (χ1) is 9.15. The van der Waals surface area contributed by atoms with Gasteiger partial charge in [0.1, 0.15) is 6.17 Å². The predicted octanol–water partition coefficient (Wildman–Crippen LogP) is 3.85. The molecule has 0 aromatic heterocycles. The molecule has 1 aliphatic heterocycles. The second-order valence-corrected chi connectivity index (χ2v) is 5.11. The molecule has 1 atom stereocenters. The van der Waals surface area contributed by atoms with Gasteiger partial charge in [0.15, 0.2) is 0 Å². The molecule has 0 saturated heterocycles. The number of carbonyl (C=O) groups is 1. The first-order valence-corrected chi connectivity index (χ1v) is 6.52. The number of para-hydroxylation sites is 1. The van der Waals surface area contributed by atoms with Gasteiger partial charge in [-0.2, -0.15) is 0 Å². The molecule has 2 aromatic carbocycles. The monoisotopic (exact) mass is 292 g/mol. The summed E-state index contributed by atoms with van der Waals surface area (Å²) in [5, 5.41) is 7.24. The zero-order valence-electron chi connectivity index (χ0n) is 9.78. The smallest absolute Gasteiger partial charge is 0.255 e. The Morgan fingerprint density at radius 1 is 1.00 bits per heavy atom. The van der Waals surface area contributed by atoms with Crippen molar-refractivity contribution in [2.24, 2.45) is 0 Å². The van der Waals surface area contributed by atoms with Crippen LogP contribution in [0.5, 0.6) is 0 Å². The van der Waals surface area contributed by atoms with Gasteiger partial charge in [0, 0.05) is 21.3 Å². The summed E-state index contributed by atoms with van der Waals surface area (Å²) in [7, 11) is 0. The Hall–Kier alpha value is -1.71. The number of halogens is 2. The highest BCUT2D eigenvalue weighted by atomic mass is 35.5. The van der Waals surface area contributed by atoms with E-state index in [-0.39, 0.29) is 12.1 Å². The molecular weight excluding hydrogens is 283 g/mol. The summed E-state index contributed by atoms with van der Waals surface area (Å²) in [5.41, 5.74) is 2.15. The molecular formula is C14H10Cl2N2O. The number of hydrogen-bond donors (Lipinski definition) is 2. The fourth-order valence-corrected chi connectivity index (χ4v) is 2.51. The van der Waals surface area contributed by atoms with Gasteiger partial charge in [-0.15, -0.1) is 0 Å². The number of amides is 1. The zero-order valence-corrected chi connectivity index (χ0v) is 11.3. The zero-order chi connectivity index (χ0) is 13.4. The summed E-state index contributed by atoms with van der Waals surface area (Å²) in [5.74, 6) is -0.129. The Morgan fingerprint density at radius 3 is 2.63 bits per heavy atom. The summed E-state index contributed by atoms with van der Waals surface area (Å²) in [6.07, 6.45) is -0.381. The summed E-state index contributed by atoms with van der Waals surface area (Å²) in [4.78, 5) is 12.0. The lowest BCUT2D eigenvalue weighted by atomic mass is 10.1. The third kappa shape index (κ3) is 2.27. The maximum absolute atomic E-state index is 12.0. The van der Waals surface area contributed by atoms with E-state index in [2.05, 4.69) is 10.6 Å². The third-order valence-electron chi connectivity index (χ3n) is 3.02. The number of nitrogens with one attached hydrogen (secondary N) is 2. The van der Waals surface area contributed by atoms with Crippen molar-refractivity contribution >= 4 is 34.8 Å². The van der Waals surface area contributed by atoms with Gasteiger partial charge in [-0.1, -0.05) is 35.3 Å². The van der Waals surface area contributed by atoms with Crippen molar-refractivity contribution in [1.29, 1.82) is 0 Å². The molecule has 0 fully saturated rings. The van der Waals surface area contributed by atoms with Gasteiger partial charge >= 0.3 is 0 Å². The minimum Gasteiger partial charge on any atom is -0.361 e. The van der Waals surface area contributed by atoms with Crippen molar-refractivity contribution in [2.75, 3.05) is 5.32 Å². The van der Waals surface area contributed by atoms with Crippen molar-refractivity contribution in [1.82, 2.24) is 5.32 Å². The molecule has 1 heterocycles. The van der Waals surface area contributed by atoms with E-state index in [1.807, 2.05) is 18.2 Å². The molecule has 3 nitrogen and oxygen atoms in total. The average molecular weight is 293 g/mol. The van der Waals surface area contributed by atoms with Crippen LogP contribution in [-0.2, 0) is 0 Å². The minimum atomic E-state index is -0.381. The second kappa shape index (κ2) is 4.76. The fourth-order valence-electron chi connectivity index (χ4n) is 2.10. The Morgan fingerprint density at radius 2 is 1.79 bits per heavy atom.